The Morgan fingerprint density at radius 3 is 2.52 bits per heavy atom. The molecule has 0 atom stereocenters. The summed E-state index contributed by atoms with van der Waals surface area (Å²) in [7, 11) is -1.49. The van der Waals surface area contributed by atoms with Gasteiger partial charge in [0.2, 0.25) is 15.9 Å². The van der Waals surface area contributed by atoms with Crippen molar-refractivity contribution in [3.8, 4) is 0 Å². The summed E-state index contributed by atoms with van der Waals surface area (Å²) in [5.74, 6) is -0.144. The van der Waals surface area contributed by atoms with Crippen LogP contribution in [0.5, 0.6) is 0 Å². The van der Waals surface area contributed by atoms with Crippen molar-refractivity contribution in [3.05, 3.63) is 29.8 Å². The predicted octanol–water partition coefficient (Wildman–Crippen LogP) is 0.925. The Hall–Kier alpha value is -1.60. The number of amides is 1. The first kappa shape index (κ1) is 17.7. The van der Waals surface area contributed by atoms with E-state index in [1.807, 2.05) is 26.1 Å². The van der Waals surface area contributed by atoms with Gasteiger partial charge in [0.25, 0.3) is 0 Å². The van der Waals surface area contributed by atoms with Gasteiger partial charge < -0.3 is 9.80 Å². The number of carbonyl (C=O) groups is 1. The SMILES string of the molecule is Cc1ccccc1N(CC(=O)N1CCCN(C)CC1)S(C)(=O)=O. The number of para-hydroxylation sites is 1. The molecule has 1 aromatic rings. The first-order valence-corrected chi connectivity index (χ1v) is 9.63. The van der Waals surface area contributed by atoms with E-state index in [4.69, 9.17) is 0 Å². The summed E-state index contributed by atoms with van der Waals surface area (Å²) in [6.45, 7) is 4.79. The highest BCUT2D eigenvalue weighted by molar-refractivity contribution is 7.92. The van der Waals surface area contributed by atoms with Crippen LogP contribution in [-0.2, 0) is 14.8 Å². The van der Waals surface area contributed by atoms with Gasteiger partial charge in [-0.1, -0.05) is 18.2 Å². The highest BCUT2D eigenvalue weighted by Gasteiger charge is 2.25. The monoisotopic (exact) mass is 339 g/mol. The number of benzene rings is 1. The number of sulfonamides is 1. The Balaban J connectivity index is 2.19. The van der Waals surface area contributed by atoms with Crippen LogP contribution in [-0.4, -0.2) is 70.2 Å². The quantitative estimate of drug-likeness (QED) is 0.819. The number of anilines is 1. The van der Waals surface area contributed by atoms with Crippen molar-refractivity contribution in [2.24, 2.45) is 0 Å². The molecule has 0 bridgehead atoms. The third kappa shape index (κ3) is 4.68. The third-order valence-electron chi connectivity index (χ3n) is 4.14. The van der Waals surface area contributed by atoms with Crippen LogP contribution in [0.25, 0.3) is 0 Å². The average Bonchev–Trinajstić information content (AvgIpc) is 2.69. The van der Waals surface area contributed by atoms with Gasteiger partial charge in [0.15, 0.2) is 0 Å². The molecule has 1 heterocycles. The van der Waals surface area contributed by atoms with Gasteiger partial charge in [0.05, 0.1) is 11.9 Å². The standard InChI is InChI=1S/C16H25N3O3S/c1-14-7-4-5-8-15(14)19(23(3,21)22)13-16(20)18-10-6-9-17(2)11-12-18/h4-5,7-8H,6,9-13H2,1-3H3. The van der Waals surface area contributed by atoms with Crippen LogP contribution < -0.4 is 4.31 Å². The Bertz CT molecular complexity index is 660. The molecule has 0 N–H and O–H groups in total. The molecule has 1 fully saturated rings. The summed E-state index contributed by atoms with van der Waals surface area (Å²) >= 11 is 0. The van der Waals surface area contributed by atoms with Crippen molar-refractivity contribution in [2.75, 3.05) is 50.3 Å². The summed E-state index contributed by atoms with van der Waals surface area (Å²) in [6.07, 6.45) is 2.05. The molecule has 128 valence electrons. The van der Waals surface area contributed by atoms with E-state index in [0.29, 0.717) is 18.8 Å². The lowest BCUT2D eigenvalue weighted by Crippen LogP contribution is -2.44. The maximum absolute atomic E-state index is 12.6. The molecule has 0 spiro atoms. The van der Waals surface area contributed by atoms with E-state index in [0.717, 1.165) is 31.3 Å². The molecule has 0 saturated carbocycles. The number of rotatable bonds is 4. The fourth-order valence-electron chi connectivity index (χ4n) is 2.74. The second-order valence-corrected chi connectivity index (χ2v) is 8.00. The Labute approximate surface area is 138 Å². The van der Waals surface area contributed by atoms with Crippen molar-refractivity contribution in [2.45, 2.75) is 13.3 Å². The lowest BCUT2D eigenvalue weighted by molar-refractivity contribution is -0.129. The van der Waals surface area contributed by atoms with Gasteiger partial charge >= 0.3 is 0 Å². The van der Waals surface area contributed by atoms with Crippen molar-refractivity contribution in [1.29, 1.82) is 0 Å². The number of likely N-dealkylation sites (N-methyl/N-ethyl adjacent to an activating group) is 1. The Morgan fingerprint density at radius 2 is 1.87 bits per heavy atom. The minimum Gasteiger partial charge on any atom is -0.340 e. The van der Waals surface area contributed by atoms with E-state index in [1.165, 1.54) is 4.31 Å². The fraction of sp³-hybridized carbons (Fsp3) is 0.562. The first-order chi connectivity index (χ1) is 10.8. The molecule has 6 nitrogen and oxygen atoms in total. The molecule has 1 aromatic carbocycles. The largest absolute Gasteiger partial charge is 0.340 e. The molecule has 0 aromatic heterocycles. The molecular formula is C16H25N3O3S. The van der Waals surface area contributed by atoms with Gasteiger partial charge in [-0.15, -0.1) is 0 Å². The first-order valence-electron chi connectivity index (χ1n) is 7.78. The molecule has 23 heavy (non-hydrogen) atoms. The van der Waals surface area contributed by atoms with Crippen molar-refractivity contribution >= 4 is 21.6 Å². The summed E-state index contributed by atoms with van der Waals surface area (Å²) in [5, 5.41) is 0. The molecule has 1 aliphatic rings. The molecule has 1 saturated heterocycles. The zero-order valence-corrected chi connectivity index (χ0v) is 14.8. The third-order valence-corrected chi connectivity index (χ3v) is 5.26. The van der Waals surface area contributed by atoms with Gasteiger partial charge in [-0.2, -0.15) is 0 Å². The van der Waals surface area contributed by atoms with Gasteiger partial charge in [-0.05, 0) is 38.6 Å². The normalized spacial score (nSPS) is 16.9. The maximum Gasteiger partial charge on any atom is 0.243 e. The van der Waals surface area contributed by atoms with Crippen molar-refractivity contribution in [3.63, 3.8) is 0 Å². The summed E-state index contributed by atoms with van der Waals surface area (Å²) in [5.41, 5.74) is 1.40. The van der Waals surface area contributed by atoms with Crippen LogP contribution in [0.3, 0.4) is 0 Å². The molecule has 2 rings (SSSR count). The smallest absolute Gasteiger partial charge is 0.243 e. The molecule has 0 aliphatic carbocycles. The molecule has 1 aliphatic heterocycles. The summed E-state index contributed by atoms with van der Waals surface area (Å²) < 4.78 is 25.5. The Kier molecular flexibility index (Phi) is 5.64. The lowest BCUT2D eigenvalue weighted by Gasteiger charge is -2.27. The van der Waals surface area contributed by atoms with Crippen molar-refractivity contribution < 1.29 is 13.2 Å². The lowest BCUT2D eigenvalue weighted by atomic mass is 10.2. The minimum atomic E-state index is -3.52. The van der Waals surface area contributed by atoms with E-state index < -0.39 is 10.0 Å². The maximum atomic E-state index is 12.6. The molecule has 0 unspecified atom stereocenters. The van der Waals surface area contributed by atoms with Crippen LogP contribution in [0.4, 0.5) is 5.69 Å². The van der Waals surface area contributed by atoms with Gasteiger partial charge in [0, 0.05) is 19.6 Å². The number of carbonyl (C=O) groups excluding carboxylic acids is 1. The molecule has 7 heteroatoms. The van der Waals surface area contributed by atoms with Gasteiger partial charge in [-0.25, -0.2) is 8.42 Å². The second kappa shape index (κ2) is 7.31. The molecular weight excluding hydrogens is 314 g/mol. The number of nitrogens with zero attached hydrogens (tertiary/aromatic N) is 3. The van der Waals surface area contributed by atoms with E-state index >= 15 is 0 Å². The average molecular weight is 339 g/mol. The molecule has 1 amide bonds. The van der Waals surface area contributed by atoms with E-state index in [9.17, 15) is 13.2 Å². The van der Waals surface area contributed by atoms with Crippen LogP contribution in [0, 0.1) is 6.92 Å². The van der Waals surface area contributed by atoms with Crippen molar-refractivity contribution in [1.82, 2.24) is 9.80 Å². The number of hydrogen-bond acceptors (Lipinski definition) is 4. The van der Waals surface area contributed by atoms with E-state index in [2.05, 4.69) is 4.90 Å². The topological polar surface area (TPSA) is 60.9 Å². The zero-order valence-electron chi connectivity index (χ0n) is 14.0. The summed E-state index contributed by atoms with van der Waals surface area (Å²) in [4.78, 5) is 16.5. The highest BCUT2D eigenvalue weighted by Crippen LogP contribution is 2.22. The van der Waals surface area contributed by atoms with Crippen LogP contribution in [0.2, 0.25) is 0 Å². The Morgan fingerprint density at radius 1 is 1.17 bits per heavy atom. The van der Waals surface area contributed by atoms with Crippen LogP contribution >= 0.6 is 0 Å². The number of hydrogen-bond donors (Lipinski definition) is 0. The van der Waals surface area contributed by atoms with Gasteiger partial charge in [0.1, 0.15) is 6.54 Å². The van der Waals surface area contributed by atoms with E-state index in [-0.39, 0.29) is 12.5 Å². The zero-order chi connectivity index (χ0) is 17.0. The minimum absolute atomic E-state index is 0.144. The van der Waals surface area contributed by atoms with E-state index in [1.54, 1.807) is 17.0 Å². The second-order valence-electron chi connectivity index (χ2n) is 6.09. The number of aryl methyl sites for hydroxylation is 1. The van der Waals surface area contributed by atoms with Crippen LogP contribution in [0.1, 0.15) is 12.0 Å². The van der Waals surface area contributed by atoms with Crippen LogP contribution in [0.15, 0.2) is 24.3 Å². The fourth-order valence-corrected chi connectivity index (χ4v) is 3.65. The molecule has 0 radical (unpaired) electrons. The van der Waals surface area contributed by atoms with Gasteiger partial charge in [-0.3, -0.25) is 9.10 Å². The summed E-state index contributed by atoms with van der Waals surface area (Å²) in [6, 6.07) is 7.22. The predicted molar refractivity (Wildman–Crippen MR) is 92.1 cm³/mol. The highest BCUT2D eigenvalue weighted by atomic mass is 32.2.